The van der Waals surface area contributed by atoms with Gasteiger partial charge in [0.15, 0.2) is 0 Å². The summed E-state index contributed by atoms with van der Waals surface area (Å²) in [5.74, 6) is 1.36. The van der Waals surface area contributed by atoms with Crippen LogP contribution in [0, 0.1) is 6.92 Å². The molecular formula is C13H14BrClN4. The standard InChI is InChI=1S/C13H14BrClN4/c1-3-16-13-17-8(2)6-12(19-13)18-11-5-4-9(15)7-10(11)14/h4-7H,3H2,1-2H3,(H2,16,17,18,19). The number of nitrogens with zero attached hydrogens (tertiary/aromatic N) is 2. The Balaban J connectivity index is 2.27. The van der Waals surface area contributed by atoms with E-state index in [1.54, 1.807) is 0 Å². The molecule has 0 fully saturated rings. The van der Waals surface area contributed by atoms with Crippen LogP contribution in [0.1, 0.15) is 12.6 Å². The van der Waals surface area contributed by atoms with E-state index in [2.05, 4.69) is 36.5 Å². The van der Waals surface area contributed by atoms with Crippen LogP contribution in [0.4, 0.5) is 17.5 Å². The minimum Gasteiger partial charge on any atom is -0.354 e. The van der Waals surface area contributed by atoms with Gasteiger partial charge in [-0.25, -0.2) is 4.98 Å². The zero-order valence-electron chi connectivity index (χ0n) is 10.7. The molecule has 0 radical (unpaired) electrons. The molecule has 6 heteroatoms. The van der Waals surface area contributed by atoms with Gasteiger partial charge >= 0.3 is 0 Å². The van der Waals surface area contributed by atoms with Gasteiger partial charge in [0.2, 0.25) is 5.95 Å². The van der Waals surface area contributed by atoms with Crippen molar-refractivity contribution < 1.29 is 0 Å². The van der Waals surface area contributed by atoms with Gasteiger partial charge in [-0.2, -0.15) is 4.98 Å². The van der Waals surface area contributed by atoms with Crippen LogP contribution < -0.4 is 10.6 Å². The maximum absolute atomic E-state index is 5.92. The first kappa shape index (κ1) is 14.1. The van der Waals surface area contributed by atoms with Crippen LogP contribution in [0.2, 0.25) is 5.02 Å². The fourth-order valence-electron chi connectivity index (χ4n) is 1.60. The molecule has 1 aromatic carbocycles. The number of halogens is 2. The summed E-state index contributed by atoms with van der Waals surface area (Å²) >= 11 is 9.38. The van der Waals surface area contributed by atoms with Gasteiger partial charge in [0.1, 0.15) is 5.82 Å². The van der Waals surface area contributed by atoms with Gasteiger partial charge in [-0.15, -0.1) is 0 Å². The highest BCUT2D eigenvalue weighted by Gasteiger charge is 2.05. The third kappa shape index (κ3) is 3.81. The Morgan fingerprint density at radius 1 is 1.26 bits per heavy atom. The first-order chi connectivity index (χ1) is 9.08. The quantitative estimate of drug-likeness (QED) is 0.866. The molecule has 0 atom stereocenters. The zero-order valence-corrected chi connectivity index (χ0v) is 13.0. The van der Waals surface area contributed by atoms with Crippen molar-refractivity contribution in [3.05, 3.63) is 39.5 Å². The largest absolute Gasteiger partial charge is 0.354 e. The number of hydrogen-bond acceptors (Lipinski definition) is 4. The summed E-state index contributed by atoms with van der Waals surface area (Å²) in [6.45, 7) is 4.73. The molecule has 0 aliphatic carbocycles. The van der Waals surface area contributed by atoms with Crippen LogP contribution in [0.25, 0.3) is 0 Å². The average Bonchev–Trinajstić information content (AvgIpc) is 2.32. The van der Waals surface area contributed by atoms with E-state index in [0.29, 0.717) is 11.0 Å². The van der Waals surface area contributed by atoms with Crippen LogP contribution >= 0.6 is 27.5 Å². The average molecular weight is 342 g/mol. The minimum absolute atomic E-state index is 0.620. The minimum atomic E-state index is 0.620. The Bertz CT molecular complexity index is 589. The highest BCUT2D eigenvalue weighted by molar-refractivity contribution is 9.10. The van der Waals surface area contributed by atoms with E-state index in [1.807, 2.05) is 38.1 Å². The number of nitrogens with one attached hydrogen (secondary N) is 2. The monoisotopic (exact) mass is 340 g/mol. The highest BCUT2D eigenvalue weighted by Crippen LogP contribution is 2.28. The lowest BCUT2D eigenvalue weighted by Crippen LogP contribution is -2.05. The third-order valence-electron chi connectivity index (χ3n) is 2.38. The molecule has 0 bridgehead atoms. The number of aromatic nitrogens is 2. The van der Waals surface area contributed by atoms with Gasteiger partial charge in [-0.3, -0.25) is 0 Å². The molecule has 0 aliphatic rings. The van der Waals surface area contributed by atoms with Crippen LogP contribution in [0.15, 0.2) is 28.7 Å². The summed E-state index contributed by atoms with van der Waals surface area (Å²) < 4.78 is 0.890. The van der Waals surface area contributed by atoms with Crippen molar-refractivity contribution in [3.8, 4) is 0 Å². The molecule has 0 saturated carbocycles. The van der Waals surface area contributed by atoms with Crippen molar-refractivity contribution >= 4 is 45.0 Å². The molecule has 1 aromatic heterocycles. The Morgan fingerprint density at radius 2 is 2.05 bits per heavy atom. The second-order valence-corrected chi connectivity index (χ2v) is 5.29. The molecule has 2 rings (SSSR count). The predicted octanol–water partition coefficient (Wildman–Crippen LogP) is 4.38. The second-order valence-electron chi connectivity index (χ2n) is 4.00. The van der Waals surface area contributed by atoms with Gasteiger partial charge in [-0.1, -0.05) is 11.6 Å². The first-order valence-electron chi connectivity index (χ1n) is 5.90. The van der Waals surface area contributed by atoms with E-state index < -0.39 is 0 Å². The number of anilines is 3. The summed E-state index contributed by atoms with van der Waals surface area (Å²) in [7, 11) is 0. The Labute approximate surface area is 125 Å². The van der Waals surface area contributed by atoms with Gasteiger partial charge in [0.25, 0.3) is 0 Å². The van der Waals surface area contributed by atoms with Crippen molar-refractivity contribution in [2.24, 2.45) is 0 Å². The summed E-state index contributed by atoms with van der Waals surface area (Å²) in [4.78, 5) is 8.70. The van der Waals surface area contributed by atoms with Gasteiger partial charge in [0.05, 0.1) is 5.69 Å². The summed E-state index contributed by atoms with van der Waals surface area (Å²) in [6.07, 6.45) is 0. The van der Waals surface area contributed by atoms with E-state index in [0.717, 1.165) is 28.2 Å². The number of benzene rings is 1. The van der Waals surface area contributed by atoms with Crippen LogP contribution in [0.3, 0.4) is 0 Å². The van der Waals surface area contributed by atoms with Crippen molar-refractivity contribution in [2.45, 2.75) is 13.8 Å². The normalized spacial score (nSPS) is 10.3. The van der Waals surface area contributed by atoms with Gasteiger partial charge in [0, 0.05) is 27.8 Å². The lowest BCUT2D eigenvalue weighted by atomic mass is 10.3. The zero-order chi connectivity index (χ0) is 13.8. The number of rotatable bonds is 4. The Kier molecular flexibility index (Phi) is 4.61. The lowest BCUT2D eigenvalue weighted by Gasteiger charge is -2.10. The predicted molar refractivity (Wildman–Crippen MR) is 83.4 cm³/mol. The Morgan fingerprint density at radius 3 is 2.74 bits per heavy atom. The first-order valence-corrected chi connectivity index (χ1v) is 7.07. The highest BCUT2D eigenvalue weighted by atomic mass is 79.9. The molecule has 0 amide bonds. The summed E-state index contributed by atoms with van der Waals surface area (Å²) in [5, 5.41) is 7.03. The smallest absolute Gasteiger partial charge is 0.224 e. The molecule has 100 valence electrons. The molecule has 4 nitrogen and oxygen atoms in total. The van der Waals surface area contributed by atoms with Crippen molar-refractivity contribution in [2.75, 3.05) is 17.2 Å². The fraction of sp³-hybridized carbons (Fsp3) is 0.231. The van der Waals surface area contributed by atoms with Crippen molar-refractivity contribution in [1.29, 1.82) is 0 Å². The van der Waals surface area contributed by atoms with Crippen molar-refractivity contribution in [3.63, 3.8) is 0 Å². The fourth-order valence-corrected chi connectivity index (χ4v) is 2.38. The topological polar surface area (TPSA) is 49.8 Å². The molecule has 1 heterocycles. The van der Waals surface area contributed by atoms with E-state index in [1.165, 1.54) is 0 Å². The van der Waals surface area contributed by atoms with E-state index in [4.69, 9.17) is 11.6 Å². The van der Waals surface area contributed by atoms with Crippen LogP contribution in [0.5, 0.6) is 0 Å². The molecule has 2 N–H and O–H groups in total. The van der Waals surface area contributed by atoms with Gasteiger partial charge in [-0.05, 0) is 48.0 Å². The van der Waals surface area contributed by atoms with Crippen LogP contribution in [-0.2, 0) is 0 Å². The van der Waals surface area contributed by atoms with Crippen molar-refractivity contribution in [1.82, 2.24) is 9.97 Å². The maximum atomic E-state index is 5.92. The molecule has 0 spiro atoms. The third-order valence-corrected chi connectivity index (χ3v) is 3.27. The van der Waals surface area contributed by atoms with E-state index in [9.17, 15) is 0 Å². The molecule has 0 aliphatic heterocycles. The number of aryl methyl sites for hydroxylation is 1. The molecule has 0 unspecified atom stereocenters. The molecule has 0 saturated heterocycles. The molecule has 19 heavy (non-hydrogen) atoms. The van der Waals surface area contributed by atoms with Gasteiger partial charge < -0.3 is 10.6 Å². The Hall–Kier alpha value is -1.33. The summed E-state index contributed by atoms with van der Waals surface area (Å²) in [5.41, 5.74) is 1.81. The molecule has 2 aromatic rings. The molecular weight excluding hydrogens is 328 g/mol. The lowest BCUT2D eigenvalue weighted by molar-refractivity contribution is 1.05. The van der Waals surface area contributed by atoms with Crippen LogP contribution in [-0.4, -0.2) is 16.5 Å². The van der Waals surface area contributed by atoms with E-state index in [-0.39, 0.29) is 0 Å². The second kappa shape index (κ2) is 6.21. The maximum Gasteiger partial charge on any atom is 0.224 e. The van der Waals surface area contributed by atoms with E-state index >= 15 is 0 Å². The summed E-state index contributed by atoms with van der Waals surface area (Å²) in [6, 6.07) is 7.45. The SMILES string of the molecule is CCNc1nc(C)cc(Nc2ccc(Cl)cc2Br)n1. The number of hydrogen-bond donors (Lipinski definition) is 2.